The molecular formula is C19H27ClN4O. The molecule has 1 aliphatic heterocycles. The molecule has 1 aromatic carbocycles. The largest absolute Gasteiger partial charge is 0.338 e. The quantitative estimate of drug-likeness (QED) is 0.825. The highest BCUT2D eigenvalue weighted by Crippen LogP contribution is 2.24. The topological polar surface area (TPSA) is 45.4 Å². The molecule has 5 nitrogen and oxygen atoms in total. The van der Waals surface area contributed by atoms with Crippen molar-refractivity contribution in [2.24, 2.45) is 0 Å². The fourth-order valence-corrected chi connectivity index (χ4v) is 3.15. The van der Waals surface area contributed by atoms with Crippen LogP contribution in [-0.2, 0) is 12.0 Å². The fourth-order valence-electron chi connectivity index (χ4n) is 3.02. The minimum atomic E-state index is -0.0846. The van der Waals surface area contributed by atoms with Crippen LogP contribution in [0.2, 0.25) is 5.02 Å². The second-order valence-corrected chi connectivity index (χ2v) is 8.26. The summed E-state index contributed by atoms with van der Waals surface area (Å²) in [4.78, 5) is 9.49. The Labute approximate surface area is 155 Å². The van der Waals surface area contributed by atoms with Crippen molar-refractivity contribution < 1.29 is 4.52 Å². The summed E-state index contributed by atoms with van der Waals surface area (Å²) in [6.45, 7) is 13.5. The zero-order valence-corrected chi connectivity index (χ0v) is 16.3. The Morgan fingerprint density at radius 3 is 2.32 bits per heavy atom. The van der Waals surface area contributed by atoms with Gasteiger partial charge >= 0.3 is 0 Å². The van der Waals surface area contributed by atoms with Gasteiger partial charge in [-0.15, -0.1) is 0 Å². The monoisotopic (exact) mass is 362 g/mol. The second kappa shape index (κ2) is 7.44. The van der Waals surface area contributed by atoms with Gasteiger partial charge in [-0.1, -0.05) is 49.7 Å². The highest BCUT2D eigenvalue weighted by molar-refractivity contribution is 6.30. The lowest BCUT2D eigenvalue weighted by atomic mass is 9.96. The molecule has 0 spiro atoms. The third-order valence-electron chi connectivity index (χ3n) is 4.74. The van der Waals surface area contributed by atoms with E-state index in [4.69, 9.17) is 16.1 Å². The molecule has 1 aromatic heterocycles. The van der Waals surface area contributed by atoms with E-state index >= 15 is 0 Å². The van der Waals surface area contributed by atoms with Crippen molar-refractivity contribution in [2.75, 3.05) is 26.2 Å². The third-order valence-corrected chi connectivity index (χ3v) is 5.00. The van der Waals surface area contributed by atoms with Crippen LogP contribution in [0, 0.1) is 0 Å². The van der Waals surface area contributed by atoms with Gasteiger partial charge in [0.2, 0.25) is 5.89 Å². The van der Waals surface area contributed by atoms with Gasteiger partial charge in [-0.2, -0.15) is 4.98 Å². The van der Waals surface area contributed by atoms with Crippen LogP contribution in [-0.4, -0.2) is 46.1 Å². The van der Waals surface area contributed by atoms with Crippen LogP contribution in [0.1, 0.15) is 51.0 Å². The Balaban J connectivity index is 1.54. The van der Waals surface area contributed by atoms with Crippen LogP contribution in [0.15, 0.2) is 28.8 Å². The number of piperazine rings is 1. The molecule has 1 atom stereocenters. The van der Waals surface area contributed by atoms with Gasteiger partial charge in [-0.3, -0.25) is 9.80 Å². The van der Waals surface area contributed by atoms with Gasteiger partial charge in [0, 0.05) is 43.2 Å². The van der Waals surface area contributed by atoms with E-state index < -0.39 is 0 Å². The number of halogens is 1. The van der Waals surface area contributed by atoms with Crippen molar-refractivity contribution >= 4 is 11.6 Å². The maximum absolute atomic E-state index is 5.96. The maximum Gasteiger partial charge on any atom is 0.243 e. The van der Waals surface area contributed by atoms with E-state index in [0.29, 0.717) is 0 Å². The van der Waals surface area contributed by atoms with Crippen LogP contribution in [0.5, 0.6) is 0 Å². The van der Waals surface area contributed by atoms with E-state index in [1.54, 1.807) is 0 Å². The first-order valence-electron chi connectivity index (χ1n) is 8.88. The molecule has 3 rings (SSSR count). The summed E-state index contributed by atoms with van der Waals surface area (Å²) in [6.07, 6.45) is 0. The van der Waals surface area contributed by atoms with E-state index in [1.165, 1.54) is 5.56 Å². The first-order chi connectivity index (χ1) is 11.8. The van der Waals surface area contributed by atoms with Crippen LogP contribution in [0.25, 0.3) is 0 Å². The summed E-state index contributed by atoms with van der Waals surface area (Å²) in [5, 5.41) is 4.94. The first-order valence-corrected chi connectivity index (χ1v) is 9.25. The Bertz CT molecular complexity index is 684. The average molecular weight is 363 g/mol. The van der Waals surface area contributed by atoms with Crippen molar-refractivity contribution in [2.45, 2.75) is 45.7 Å². The maximum atomic E-state index is 5.96. The van der Waals surface area contributed by atoms with Crippen LogP contribution in [0.4, 0.5) is 0 Å². The van der Waals surface area contributed by atoms with Gasteiger partial charge in [-0.05, 0) is 24.6 Å². The third kappa shape index (κ3) is 4.60. The van der Waals surface area contributed by atoms with Crippen LogP contribution >= 0.6 is 11.6 Å². The Morgan fingerprint density at radius 2 is 1.76 bits per heavy atom. The Hall–Kier alpha value is -1.43. The smallest absolute Gasteiger partial charge is 0.243 e. The van der Waals surface area contributed by atoms with Crippen molar-refractivity contribution in [3.05, 3.63) is 46.6 Å². The number of nitrogens with zero attached hydrogens (tertiary/aromatic N) is 4. The zero-order valence-electron chi connectivity index (χ0n) is 15.5. The molecule has 25 heavy (non-hydrogen) atoms. The lowest BCUT2D eigenvalue weighted by Crippen LogP contribution is -2.46. The second-order valence-electron chi connectivity index (χ2n) is 7.82. The summed E-state index contributed by atoms with van der Waals surface area (Å²) in [5.74, 6) is 1.49. The number of benzene rings is 1. The fraction of sp³-hybridized carbons (Fsp3) is 0.579. The zero-order chi connectivity index (χ0) is 18.0. The summed E-state index contributed by atoms with van der Waals surface area (Å²) in [5.41, 5.74) is 1.22. The molecule has 0 N–H and O–H groups in total. The molecule has 2 heterocycles. The van der Waals surface area contributed by atoms with Gasteiger partial charge in [0.25, 0.3) is 0 Å². The van der Waals surface area contributed by atoms with Crippen molar-refractivity contribution in [1.82, 2.24) is 19.9 Å². The molecule has 6 heteroatoms. The van der Waals surface area contributed by atoms with E-state index in [-0.39, 0.29) is 11.5 Å². The summed E-state index contributed by atoms with van der Waals surface area (Å²) >= 11 is 5.96. The minimum absolute atomic E-state index is 0.0846. The first kappa shape index (κ1) is 18.4. The lowest BCUT2D eigenvalue weighted by molar-refractivity contribution is 0.0845. The lowest BCUT2D eigenvalue weighted by Gasteiger charge is -2.36. The number of hydrogen-bond acceptors (Lipinski definition) is 5. The molecule has 136 valence electrons. The molecule has 0 aliphatic carbocycles. The van der Waals surface area contributed by atoms with E-state index in [1.807, 2.05) is 12.1 Å². The number of aromatic nitrogens is 2. The predicted octanol–water partition coefficient (Wildman–Crippen LogP) is 3.90. The van der Waals surface area contributed by atoms with Crippen molar-refractivity contribution in [1.29, 1.82) is 0 Å². The summed E-state index contributed by atoms with van der Waals surface area (Å²) in [7, 11) is 0. The molecule has 0 unspecified atom stereocenters. The average Bonchev–Trinajstić information content (AvgIpc) is 3.07. The standard InChI is InChI=1S/C19H27ClN4O/c1-14(17-21-18(22-25-17)19(2,3)4)24-11-9-23(10-12-24)13-15-5-7-16(20)8-6-15/h5-8,14H,9-13H2,1-4H3/t14-/m1/s1. The number of hydrogen-bond donors (Lipinski definition) is 0. The molecule has 1 saturated heterocycles. The molecule has 1 fully saturated rings. The van der Waals surface area contributed by atoms with Crippen LogP contribution in [0.3, 0.4) is 0 Å². The van der Waals surface area contributed by atoms with Gasteiger partial charge in [0.15, 0.2) is 5.82 Å². The predicted molar refractivity (Wildman–Crippen MR) is 99.7 cm³/mol. The minimum Gasteiger partial charge on any atom is -0.338 e. The molecule has 0 amide bonds. The highest BCUT2D eigenvalue weighted by atomic mass is 35.5. The summed E-state index contributed by atoms with van der Waals surface area (Å²) in [6, 6.07) is 8.27. The van der Waals surface area contributed by atoms with E-state index in [0.717, 1.165) is 49.5 Å². The molecule has 0 bridgehead atoms. The van der Waals surface area contributed by atoms with E-state index in [9.17, 15) is 0 Å². The molecule has 1 aliphatic rings. The Morgan fingerprint density at radius 1 is 1.12 bits per heavy atom. The molecule has 0 saturated carbocycles. The van der Waals surface area contributed by atoms with Gasteiger partial charge in [0.1, 0.15) is 0 Å². The van der Waals surface area contributed by atoms with Crippen molar-refractivity contribution in [3.63, 3.8) is 0 Å². The van der Waals surface area contributed by atoms with Gasteiger partial charge in [0.05, 0.1) is 6.04 Å². The Kier molecular flexibility index (Phi) is 5.46. The van der Waals surface area contributed by atoms with Crippen molar-refractivity contribution in [3.8, 4) is 0 Å². The van der Waals surface area contributed by atoms with Crippen LogP contribution < -0.4 is 0 Å². The number of rotatable bonds is 4. The normalized spacial score (nSPS) is 18.4. The van der Waals surface area contributed by atoms with Gasteiger partial charge in [-0.25, -0.2) is 0 Å². The van der Waals surface area contributed by atoms with E-state index in [2.05, 4.69) is 59.8 Å². The SMILES string of the molecule is C[C@H](c1nc(C(C)(C)C)no1)N1CCN(Cc2ccc(Cl)cc2)CC1. The highest BCUT2D eigenvalue weighted by Gasteiger charge is 2.28. The molecular weight excluding hydrogens is 336 g/mol. The molecule has 0 radical (unpaired) electrons. The van der Waals surface area contributed by atoms with Gasteiger partial charge < -0.3 is 4.52 Å². The summed E-state index contributed by atoms with van der Waals surface area (Å²) < 4.78 is 5.51. The molecule has 2 aromatic rings.